The van der Waals surface area contributed by atoms with Crippen molar-refractivity contribution in [3.05, 3.63) is 70.7 Å². The predicted octanol–water partition coefficient (Wildman–Crippen LogP) is 4.19. The number of thiocarbonyl (C=S) groups is 1. The van der Waals surface area contributed by atoms with Gasteiger partial charge in [-0.15, -0.1) is 0 Å². The van der Waals surface area contributed by atoms with E-state index in [1.807, 2.05) is 24.3 Å². The topological polar surface area (TPSA) is 36.1 Å². The second-order valence-electron chi connectivity index (χ2n) is 4.29. The minimum atomic E-state index is -0.728. The van der Waals surface area contributed by atoms with Crippen LogP contribution in [0.3, 0.4) is 0 Å². The number of rotatable bonds is 4. The Balaban J connectivity index is 1.93. The zero-order valence-electron chi connectivity index (χ0n) is 11.3. The van der Waals surface area contributed by atoms with Crippen LogP contribution in [0.15, 0.2) is 53.5 Å². The van der Waals surface area contributed by atoms with Crippen LogP contribution in [0.4, 0.5) is 14.5 Å². The highest BCUT2D eigenvalue weighted by Gasteiger charge is 2.06. The molecular weight excluding hydrogens is 372 g/mol. The van der Waals surface area contributed by atoms with Crippen molar-refractivity contribution in [2.24, 2.45) is 0 Å². The van der Waals surface area contributed by atoms with E-state index in [9.17, 15) is 8.78 Å². The number of hydrazine groups is 1. The van der Waals surface area contributed by atoms with E-state index in [0.29, 0.717) is 5.70 Å². The van der Waals surface area contributed by atoms with Crippen LogP contribution >= 0.6 is 28.1 Å². The Morgan fingerprint density at radius 2 is 1.82 bits per heavy atom. The van der Waals surface area contributed by atoms with Crippen LogP contribution in [0.5, 0.6) is 0 Å². The molecule has 2 rings (SSSR count). The van der Waals surface area contributed by atoms with E-state index < -0.39 is 11.6 Å². The van der Waals surface area contributed by atoms with Gasteiger partial charge < -0.3 is 5.32 Å². The maximum absolute atomic E-state index is 13.5. The highest BCUT2D eigenvalue weighted by Crippen LogP contribution is 2.20. The largest absolute Gasteiger partial charge is 0.329 e. The molecule has 0 radical (unpaired) electrons. The average Bonchev–Trinajstić information content (AvgIpc) is 2.48. The Morgan fingerprint density at radius 3 is 2.50 bits per heavy atom. The van der Waals surface area contributed by atoms with E-state index in [1.165, 1.54) is 6.07 Å². The summed E-state index contributed by atoms with van der Waals surface area (Å²) >= 11 is 8.44. The number of benzene rings is 2. The van der Waals surface area contributed by atoms with Gasteiger partial charge in [-0.2, -0.15) is 0 Å². The van der Waals surface area contributed by atoms with Crippen LogP contribution < -0.4 is 16.2 Å². The van der Waals surface area contributed by atoms with Crippen molar-refractivity contribution >= 4 is 44.6 Å². The first-order valence-corrected chi connectivity index (χ1v) is 7.39. The van der Waals surface area contributed by atoms with Gasteiger partial charge in [-0.1, -0.05) is 40.7 Å². The van der Waals surface area contributed by atoms with Gasteiger partial charge >= 0.3 is 0 Å². The Morgan fingerprint density at radius 1 is 1.09 bits per heavy atom. The van der Waals surface area contributed by atoms with Gasteiger partial charge in [0.25, 0.3) is 0 Å². The number of hydrogen-bond donors (Lipinski definition) is 3. The van der Waals surface area contributed by atoms with Crippen molar-refractivity contribution in [2.45, 2.75) is 0 Å². The fourth-order valence-electron chi connectivity index (χ4n) is 1.65. The molecule has 7 heteroatoms. The number of anilines is 1. The standard InChI is InChI=1S/C15H12BrF2N3S/c1-9(11-4-2-3-5-12(11)16)20-21-15(22)19-14-7-6-10(17)8-13(14)18/h2-8,20H,1H2,(H2,19,21,22). The van der Waals surface area contributed by atoms with Crippen molar-refractivity contribution < 1.29 is 8.78 Å². The van der Waals surface area contributed by atoms with E-state index in [2.05, 4.69) is 38.7 Å². The van der Waals surface area contributed by atoms with Crippen molar-refractivity contribution in [2.75, 3.05) is 5.32 Å². The second-order valence-corrected chi connectivity index (χ2v) is 5.55. The highest BCUT2D eigenvalue weighted by atomic mass is 79.9. The number of nitrogens with one attached hydrogen (secondary N) is 3. The van der Waals surface area contributed by atoms with Gasteiger partial charge in [0.15, 0.2) is 5.11 Å². The third-order valence-electron chi connectivity index (χ3n) is 2.71. The minimum Gasteiger partial charge on any atom is -0.329 e. The fourth-order valence-corrected chi connectivity index (χ4v) is 2.33. The second kappa shape index (κ2) is 7.33. The summed E-state index contributed by atoms with van der Waals surface area (Å²) in [6.07, 6.45) is 0. The van der Waals surface area contributed by atoms with E-state index in [4.69, 9.17) is 12.2 Å². The molecule has 0 heterocycles. The Labute approximate surface area is 140 Å². The molecular formula is C15H12BrF2N3S. The third-order valence-corrected chi connectivity index (χ3v) is 3.60. The lowest BCUT2D eigenvalue weighted by Crippen LogP contribution is -2.39. The van der Waals surface area contributed by atoms with Crippen LogP contribution in [0.2, 0.25) is 0 Å². The molecule has 0 unspecified atom stereocenters. The molecule has 2 aromatic rings. The summed E-state index contributed by atoms with van der Waals surface area (Å²) < 4.78 is 27.2. The molecule has 0 fully saturated rings. The van der Waals surface area contributed by atoms with Crippen LogP contribution in [0, 0.1) is 11.6 Å². The molecule has 0 aromatic heterocycles. The van der Waals surface area contributed by atoms with Gasteiger partial charge in [0.2, 0.25) is 0 Å². The van der Waals surface area contributed by atoms with Crippen molar-refractivity contribution in [3.63, 3.8) is 0 Å². The van der Waals surface area contributed by atoms with Gasteiger partial charge in [-0.25, -0.2) is 8.78 Å². The first-order chi connectivity index (χ1) is 10.5. The monoisotopic (exact) mass is 383 g/mol. The van der Waals surface area contributed by atoms with Gasteiger partial charge in [-0.3, -0.25) is 10.9 Å². The summed E-state index contributed by atoms with van der Waals surface area (Å²) in [5.41, 5.74) is 7.01. The molecule has 0 saturated carbocycles. The average molecular weight is 384 g/mol. The quantitative estimate of drug-likeness (QED) is 0.546. The molecule has 0 atom stereocenters. The van der Waals surface area contributed by atoms with E-state index >= 15 is 0 Å². The zero-order chi connectivity index (χ0) is 16.1. The van der Waals surface area contributed by atoms with E-state index in [1.54, 1.807) is 0 Å². The van der Waals surface area contributed by atoms with Crippen molar-refractivity contribution in [1.82, 2.24) is 10.9 Å². The Hall–Kier alpha value is -1.99. The van der Waals surface area contributed by atoms with Crippen LogP contribution in [-0.4, -0.2) is 5.11 Å². The van der Waals surface area contributed by atoms with E-state index in [0.717, 1.165) is 22.2 Å². The predicted molar refractivity (Wildman–Crippen MR) is 92.0 cm³/mol. The van der Waals surface area contributed by atoms with Crippen molar-refractivity contribution in [1.29, 1.82) is 0 Å². The lowest BCUT2D eigenvalue weighted by Gasteiger charge is -2.15. The van der Waals surface area contributed by atoms with Crippen molar-refractivity contribution in [3.8, 4) is 0 Å². The van der Waals surface area contributed by atoms with Gasteiger partial charge in [0.1, 0.15) is 11.6 Å². The first-order valence-electron chi connectivity index (χ1n) is 6.19. The normalized spacial score (nSPS) is 9.95. The molecule has 2 aromatic carbocycles. The lowest BCUT2D eigenvalue weighted by molar-refractivity contribution is 0.586. The minimum absolute atomic E-state index is 0.0761. The summed E-state index contributed by atoms with van der Waals surface area (Å²) in [6, 6.07) is 10.7. The summed E-state index contributed by atoms with van der Waals surface area (Å²) in [5, 5.41) is 2.75. The van der Waals surface area contributed by atoms with Crippen LogP contribution in [0.25, 0.3) is 5.70 Å². The van der Waals surface area contributed by atoms with Crippen LogP contribution in [0.1, 0.15) is 5.56 Å². The number of hydrogen-bond acceptors (Lipinski definition) is 2. The third kappa shape index (κ3) is 4.25. The summed E-state index contributed by atoms with van der Waals surface area (Å²) in [4.78, 5) is 0. The lowest BCUT2D eigenvalue weighted by atomic mass is 10.2. The maximum atomic E-state index is 13.5. The molecule has 114 valence electrons. The molecule has 0 aliphatic rings. The maximum Gasteiger partial charge on any atom is 0.189 e. The first kappa shape index (κ1) is 16.4. The fraction of sp³-hybridized carbons (Fsp3) is 0. The zero-order valence-corrected chi connectivity index (χ0v) is 13.7. The smallest absolute Gasteiger partial charge is 0.189 e. The van der Waals surface area contributed by atoms with E-state index in [-0.39, 0.29) is 10.8 Å². The van der Waals surface area contributed by atoms with Gasteiger partial charge in [0.05, 0.1) is 11.4 Å². The van der Waals surface area contributed by atoms with Gasteiger partial charge in [0, 0.05) is 16.1 Å². The van der Waals surface area contributed by atoms with Crippen LogP contribution in [-0.2, 0) is 0 Å². The van der Waals surface area contributed by atoms with Gasteiger partial charge in [-0.05, 0) is 30.4 Å². The molecule has 3 nitrogen and oxygen atoms in total. The highest BCUT2D eigenvalue weighted by molar-refractivity contribution is 9.10. The summed E-state index contributed by atoms with van der Waals surface area (Å²) in [6.45, 7) is 3.88. The molecule has 3 N–H and O–H groups in total. The summed E-state index contributed by atoms with van der Waals surface area (Å²) in [5.74, 6) is -1.38. The number of halogens is 3. The molecule has 0 saturated heterocycles. The molecule has 0 bridgehead atoms. The molecule has 0 spiro atoms. The Bertz CT molecular complexity index is 722. The molecule has 0 aliphatic carbocycles. The SMILES string of the molecule is C=C(NNC(=S)Nc1ccc(F)cc1F)c1ccccc1Br. The molecule has 0 aliphatic heterocycles. The summed E-state index contributed by atoms with van der Waals surface area (Å²) in [7, 11) is 0. The molecule has 0 amide bonds. The molecule has 22 heavy (non-hydrogen) atoms. The Kier molecular flexibility index (Phi) is 5.46.